The quantitative estimate of drug-likeness (QED) is 0.371. The molecule has 0 saturated carbocycles. The first-order valence-electron chi connectivity index (χ1n) is 9.22. The van der Waals surface area contributed by atoms with Gasteiger partial charge in [0.05, 0.1) is 12.6 Å². The van der Waals surface area contributed by atoms with E-state index in [2.05, 4.69) is 23.2 Å². The third kappa shape index (κ3) is 4.65. The number of carbonyl (C=O) groups excluding carboxylic acids is 1. The van der Waals surface area contributed by atoms with E-state index in [1.54, 1.807) is 12.3 Å². The van der Waals surface area contributed by atoms with Crippen LogP contribution in [-0.2, 0) is 11.2 Å². The molecule has 4 heteroatoms. The second-order valence-corrected chi connectivity index (χ2v) is 6.70. The molecule has 0 aliphatic rings. The summed E-state index contributed by atoms with van der Waals surface area (Å²) in [4.78, 5) is 12.3. The van der Waals surface area contributed by atoms with Crippen molar-refractivity contribution in [2.75, 3.05) is 6.61 Å². The van der Waals surface area contributed by atoms with E-state index in [1.165, 1.54) is 5.56 Å². The van der Waals surface area contributed by atoms with E-state index in [0.29, 0.717) is 18.8 Å². The van der Waals surface area contributed by atoms with Crippen molar-refractivity contribution < 1.29 is 9.53 Å². The van der Waals surface area contributed by atoms with Crippen LogP contribution < -0.4 is 10.2 Å². The van der Waals surface area contributed by atoms with Crippen molar-refractivity contribution in [2.24, 2.45) is 5.10 Å². The highest BCUT2D eigenvalue weighted by Gasteiger charge is 2.08. The molecule has 4 nitrogen and oxygen atoms in total. The molecule has 1 amide bonds. The Hall–Kier alpha value is -3.40. The van der Waals surface area contributed by atoms with E-state index < -0.39 is 0 Å². The lowest BCUT2D eigenvalue weighted by Crippen LogP contribution is -2.20. The minimum atomic E-state index is -0.156. The number of carbonyl (C=O) groups is 1. The van der Waals surface area contributed by atoms with Crippen molar-refractivity contribution in [3.05, 3.63) is 89.5 Å². The lowest BCUT2D eigenvalue weighted by atomic mass is 10.0. The minimum absolute atomic E-state index is 0.156. The number of hydrogen-bond donors (Lipinski definition) is 1. The van der Waals surface area contributed by atoms with Crippen LogP contribution in [0, 0.1) is 13.8 Å². The number of hydrazone groups is 1. The van der Waals surface area contributed by atoms with Crippen LogP contribution in [0.1, 0.15) is 22.3 Å². The van der Waals surface area contributed by atoms with E-state index in [4.69, 9.17) is 4.74 Å². The van der Waals surface area contributed by atoms with Crippen LogP contribution in [0.15, 0.2) is 72.4 Å². The van der Waals surface area contributed by atoms with Gasteiger partial charge < -0.3 is 4.74 Å². The fourth-order valence-corrected chi connectivity index (χ4v) is 3.11. The lowest BCUT2D eigenvalue weighted by Gasteiger charge is -2.10. The van der Waals surface area contributed by atoms with Crippen molar-refractivity contribution in [1.29, 1.82) is 0 Å². The monoisotopic (exact) mass is 372 g/mol. The molecule has 0 bridgehead atoms. The Morgan fingerprint density at radius 2 is 1.96 bits per heavy atom. The van der Waals surface area contributed by atoms with Gasteiger partial charge in [-0.15, -0.1) is 0 Å². The first-order chi connectivity index (χ1) is 13.6. The predicted octanol–water partition coefficient (Wildman–Crippen LogP) is 4.71. The Morgan fingerprint density at radius 1 is 1.14 bits per heavy atom. The highest BCUT2D eigenvalue weighted by molar-refractivity contribution is 6.02. The van der Waals surface area contributed by atoms with Gasteiger partial charge in [0.15, 0.2) is 0 Å². The average molecular weight is 372 g/mol. The van der Waals surface area contributed by atoms with Crippen molar-refractivity contribution in [3.8, 4) is 5.75 Å². The Morgan fingerprint density at radius 3 is 2.75 bits per heavy atom. The average Bonchev–Trinajstić information content (AvgIpc) is 2.69. The topological polar surface area (TPSA) is 50.7 Å². The van der Waals surface area contributed by atoms with Gasteiger partial charge in [0.1, 0.15) is 12.4 Å². The van der Waals surface area contributed by atoms with Crippen LogP contribution in [0.4, 0.5) is 0 Å². The molecule has 28 heavy (non-hydrogen) atoms. The smallest absolute Gasteiger partial charge is 0.244 e. The number of rotatable bonds is 7. The summed E-state index contributed by atoms with van der Waals surface area (Å²) in [6, 6.07) is 18.0. The predicted molar refractivity (Wildman–Crippen MR) is 115 cm³/mol. The Kier molecular flexibility index (Phi) is 6.22. The number of hydrogen-bond acceptors (Lipinski definition) is 3. The molecule has 3 aromatic rings. The van der Waals surface area contributed by atoms with E-state index in [9.17, 15) is 4.79 Å². The van der Waals surface area contributed by atoms with Gasteiger partial charge in [-0.2, -0.15) is 5.10 Å². The summed E-state index contributed by atoms with van der Waals surface area (Å²) >= 11 is 0. The van der Waals surface area contributed by atoms with Gasteiger partial charge in [-0.3, -0.25) is 4.79 Å². The maximum absolute atomic E-state index is 12.3. The SMILES string of the molecule is C=CCOc1ccc2ccccc2c1/C=N/NC(=O)Cc1ccc(C)cc1C. The van der Waals surface area contributed by atoms with Gasteiger partial charge in [-0.1, -0.05) is 66.7 Å². The van der Waals surface area contributed by atoms with E-state index >= 15 is 0 Å². The maximum atomic E-state index is 12.3. The van der Waals surface area contributed by atoms with Crippen molar-refractivity contribution in [3.63, 3.8) is 0 Å². The molecule has 0 fully saturated rings. The maximum Gasteiger partial charge on any atom is 0.244 e. The molecule has 0 radical (unpaired) electrons. The van der Waals surface area contributed by atoms with Gasteiger partial charge in [0, 0.05) is 5.56 Å². The number of fused-ring (bicyclic) bond motifs is 1. The van der Waals surface area contributed by atoms with Crippen LogP contribution in [0.5, 0.6) is 5.75 Å². The first-order valence-corrected chi connectivity index (χ1v) is 9.22. The molecule has 0 saturated heterocycles. The molecule has 3 rings (SSSR count). The summed E-state index contributed by atoms with van der Waals surface area (Å²) in [6.45, 7) is 8.14. The number of benzene rings is 3. The molecule has 0 heterocycles. The normalized spacial score (nSPS) is 10.9. The summed E-state index contributed by atoms with van der Waals surface area (Å²) < 4.78 is 5.75. The molecule has 0 aromatic heterocycles. The summed E-state index contributed by atoms with van der Waals surface area (Å²) in [5.41, 5.74) is 6.74. The summed E-state index contributed by atoms with van der Waals surface area (Å²) in [7, 11) is 0. The highest BCUT2D eigenvalue weighted by Crippen LogP contribution is 2.26. The summed E-state index contributed by atoms with van der Waals surface area (Å²) in [5, 5.41) is 6.26. The van der Waals surface area contributed by atoms with Gasteiger partial charge in [0.25, 0.3) is 0 Å². The van der Waals surface area contributed by atoms with Crippen LogP contribution in [0.25, 0.3) is 10.8 Å². The summed E-state index contributed by atoms with van der Waals surface area (Å²) in [5.74, 6) is 0.544. The molecule has 0 aliphatic heterocycles. The zero-order valence-corrected chi connectivity index (χ0v) is 16.2. The number of nitrogens with zero attached hydrogens (tertiary/aromatic N) is 1. The molecule has 0 spiro atoms. The fraction of sp³-hybridized carbons (Fsp3) is 0.167. The molecule has 1 N–H and O–H groups in total. The molecule has 0 atom stereocenters. The van der Waals surface area contributed by atoms with Crippen LogP contribution in [0.3, 0.4) is 0 Å². The van der Waals surface area contributed by atoms with Crippen LogP contribution in [0.2, 0.25) is 0 Å². The highest BCUT2D eigenvalue weighted by atomic mass is 16.5. The zero-order chi connectivity index (χ0) is 19.9. The number of ether oxygens (including phenoxy) is 1. The van der Waals surface area contributed by atoms with Gasteiger partial charge >= 0.3 is 0 Å². The Labute approximate surface area is 165 Å². The Balaban J connectivity index is 1.78. The van der Waals surface area contributed by atoms with Crippen molar-refractivity contribution in [1.82, 2.24) is 5.43 Å². The molecule has 3 aromatic carbocycles. The van der Waals surface area contributed by atoms with Gasteiger partial charge in [0.2, 0.25) is 5.91 Å². The Bertz CT molecular complexity index is 1040. The largest absolute Gasteiger partial charge is 0.489 e. The number of aryl methyl sites for hydroxylation is 2. The minimum Gasteiger partial charge on any atom is -0.489 e. The molecule has 142 valence electrons. The summed E-state index contributed by atoms with van der Waals surface area (Å²) in [6.07, 6.45) is 3.63. The molecule has 0 unspecified atom stereocenters. The van der Waals surface area contributed by atoms with Crippen LogP contribution in [-0.4, -0.2) is 18.7 Å². The number of amides is 1. The van der Waals surface area contributed by atoms with Crippen molar-refractivity contribution in [2.45, 2.75) is 20.3 Å². The van der Waals surface area contributed by atoms with Crippen LogP contribution >= 0.6 is 0 Å². The second kappa shape index (κ2) is 9.00. The van der Waals surface area contributed by atoms with Gasteiger partial charge in [-0.25, -0.2) is 5.43 Å². The first kappa shape index (κ1) is 19.4. The lowest BCUT2D eigenvalue weighted by molar-refractivity contribution is -0.120. The third-order valence-electron chi connectivity index (χ3n) is 4.52. The van der Waals surface area contributed by atoms with Crippen molar-refractivity contribution >= 4 is 22.9 Å². The standard InChI is InChI=1S/C24H24N2O2/c1-4-13-28-23-12-11-19-7-5-6-8-21(19)22(23)16-25-26-24(27)15-20-10-9-17(2)14-18(20)3/h4-12,14,16H,1,13,15H2,2-3H3,(H,26,27)/b25-16+. The number of nitrogens with one attached hydrogen (secondary N) is 1. The molecule has 0 aliphatic carbocycles. The van der Waals surface area contributed by atoms with E-state index in [-0.39, 0.29) is 5.91 Å². The second-order valence-electron chi connectivity index (χ2n) is 6.70. The fourth-order valence-electron chi connectivity index (χ4n) is 3.11. The van der Waals surface area contributed by atoms with Gasteiger partial charge in [-0.05, 0) is 41.8 Å². The molecular formula is C24H24N2O2. The van der Waals surface area contributed by atoms with E-state index in [1.807, 2.05) is 62.4 Å². The third-order valence-corrected chi connectivity index (χ3v) is 4.52. The molecular weight excluding hydrogens is 348 g/mol. The zero-order valence-electron chi connectivity index (χ0n) is 16.2. The van der Waals surface area contributed by atoms with E-state index in [0.717, 1.165) is 27.5 Å².